The Kier molecular flexibility index (Phi) is 5.14. The molecule has 2 nitrogen and oxygen atoms in total. The first-order valence-corrected chi connectivity index (χ1v) is 16.6. The molecule has 2 aromatic heterocycles. The third-order valence-corrected chi connectivity index (χ3v) is 10.4. The maximum absolute atomic E-state index is 2.50. The van der Waals surface area contributed by atoms with E-state index in [0.29, 0.717) is 0 Å². The number of hydrogen-bond acceptors (Lipinski definition) is 0. The van der Waals surface area contributed by atoms with Gasteiger partial charge in [0.15, 0.2) is 0 Å². The molecule has 48 heavy (non-hydrogen) atoms. The van der Waals surface area contributed by atoms with Crippen LogP contribution in [-0.4, -0.2) is 9.13 Å². The number of para-hydroxylation sites is 1. The molecule has 0 aliphatic heterocycles. The van der Waals surface area contributed by atoms with Crippen molar-refractivity contribution < 1.29 is 0 Å². The van der Waals surface area contributed by atoms with Crippen molar-refractivity contribution in [2.45, 2.75) is 0 Å². The van der Waals surface area contributed by atoms with Gasteiger partial charge in [-0.1, -0.05) is 127 Å². The molecule has 0 radical (unpaired) electrons. The van der Waals surface area contributed by atoms with Gasteiger partial charge in [0.25, 0.3) is 0 Å². The second kappa shape index (κ2) is 9.57. The molecule has 0 aliphatic rings. The fourth-order valence-electron chi connectivity index (χ4n) is 8.40. The van der Waals surface area contributed by atoms with Crippen LogP contribution in [0.2, 0.25) is 0 Å². The molecular formula is C46H28N2. The molecule has 0 atom stereocenters. The Hall–Kier alpha value is -6.38. The van der Waals surface area contributed by atoms with Gasteiger partial charge in [-0.3, -0.25) is 0 Å². The van der Waals surface area contributed by atoms with Gasteiger partial charge in [0.1, 0.15) is 0 Å². The second-order valence-electron chi connectivity index (χ2n) is 12.9. The number of nitrogens with zero attached hydrogens (tertiary/aromatic N) is 2. The van der Waals surface area contributed by atoms with E-state index in [1.54, 1.807) is 0 Å². The van der Waals surface area contributed by atoms with E-state index in [1.165, 1.54) is 92.7 Å². The van der Waals surface area contributed by atoms with E-state index in [0.717, 1.165) is 5.69 Å². The summed E-state index contributed by atoms with van der Waals surface area (Å²) in [5.41, 5.74) is 9.68. The monoisotopic (exact) mass is 608 g/mol. The van der Waals surface area contributed by atoms with E-state index < -0.39 is 0 Å². The third kappa shape index (κ3) is 3.41. The highest BCUT2D eigenvalue weighted by Gasteiger charge is 2.25. The summed E-state index contributed by atoms with van der Waals surface area (Å²) in [4.78, 5) is 0. The van der Waals surface area contributed by atoms with E-state index >= 15 is 0 Å². The van der Waals surface area contributed by atoms with Gasteiger partial charge in [0.2, 0.25) is 0 Å². The summed E-state index contributed by atoms with van der Waals surface area (Å²) >= 11 is 0. The normalized spacial score (nSPS) is 12.2. The number of rotatable bonds is 3. The van der Waals surface area contributed by atoms with E-state index in [-0.39, 0.29) is 0 Å². The number of aromatic nitrogens is 2. The molecule has 2 heteroatoms. The minimum absolute atomic E-state index is 1.16. The summed E-state index contributed by atoms with van der Waals surface area (Å²) in [6, 6.07) is 62.4. The quantitative estimate of drug-likeness (QED) is 0.177. The minimum Gasteiger partial charge on any atom is -0.309 e. The van der Waals surface area contributed by atoms with Crippen molar-refractivity contribution in [3.8, 4) is 22.5 Å². The molecule has 11 aromatic rings. The van der Waals surface area contributed by atoms with Gasteiger partial charge in [0, 0.05) is 38.3 Å². The maximum Gasteiger partial charge on any atom is 0.0568 e. The Morgan fingerprint density at radius 3 is 1.69 bits per heavy atom. The second-order valence-corrected chi connectivity index (χ2v) is 12.9. The van der Waals surface area contributed by atoms with Crippen molar-refractivity contribution in [1.29, 1.82) is 0 Å². The van der Waals surface area contributed by atoms with Crippen LogP contribution < -0.4 is 0 Å². The van der Waals surface area contributed by atoms with Gasteiger partial charge in [-0.25, -0.2) is 0 Å². The average Bonchev–Trinajstić information content (AvgIpc) is 3.67. The first-order valence-electron chi connectivity index (χ1n) is 16.6. The lowest BCUT2D eigenvalue weighted by molar-refractivity contribution is 1.17. The van der Waals surface area contributed by atoms with Crippen molar-refractivity contribution in [2.75, 3.05) is 0 Å². The first kappa shape index (κ1) is 25.8. The Labute approximate surface area is 276 Å². The van der Waals surface area contributed by atoms with Gasteiger partial charge < -0.3 is 9.13 Å². The molecule has 2 heterocycles. The summed E-state index contributed by atoms with van der Waals surface area (Å²) in [5, 5.41) is 13.0. The highest BCUT2D eigenvalue weighted by Crippen LogP contribution is 2.49. The molecular weight excluding hydrogens is 581 g/mol. The zero-order chi connectivity index (χ0) is 31.3. The molecule has 0 aliphatic carbocycles. The van der Waals surface area contributed by atoms with Crippen LogP contribution in [0.25, 0.3) is 98.4 Å². The number of fused-ring (bicyclic) bond motifs is 8. The maximum atomic E-state index is 2.50. The summed E-state index contributed by atoms with van der Waals surface area (Å²) in [6.07, 6.45) is 0. The Morgan fingerprint density at radius 1 is 0.271 bits per heavy atom. The van der Waals surface area contributed by atoms with Crippen molar-refractivity contribution in [3.05, 3.63) is 170 Å². The van der Waals surface area contributed by atoms with Crippen LogP contribution >= 0.6 is 0 Å². The molecule has 0 unspecified atom stereocenters. The molecule has 11 rings (SSSR count). The van der Waals surface area contributed by atoms with E-state index in [4.69, 9.17) is 0 Å². The molecule has 0 spiro atoms. The Balaban J connectivity index is 1.33. The zero-order valence-electron chi connectivity index (χ0n) is 26.1. The molecule has 222 valence electrons. The summed E-state index contributed by atoms with van der Waals surface area (Å²) < 4.78 is 4.96. The highest BCUT2D eigenvalue weighted by molar-refractivity contribution is 6.41. The van der Waals surface area contributed by atoms with Gasteiger partial charge in [-0.2, -0.15) is 0 Å². The van der Waals surface area contributed by atoms with Crippen molar-refractivity contribution in [3.63, 3.8) is 0 Å². The van der Waals surface area contributed by atoms with E-state index in [2.05, 4.69) is 179 Å². The van der Waals surface area contributed by atoms with Gasteiger partial charge >= 0.3 is 0 Å². The van der Waals surface area contributed by atoms with E-state index in [9.17, 15) is 0 Å². The Morgan fingerprint density at radius 2 is 0.833 bits per heavy atom. The predicted molar refractivity (Wildman–Crippen MR) is 204 cm³/mol. The standard InChI is InChI=1S/C46H28N2/c1-2-11-29(12-3-1)31-21-24-33(25-22-31)47-39-19-9-8-17-38(39)44-41(47)28-42-46-43-36(35-15-6-7-16-37(35)45(44)46)18-10-20-40(43)48(42)34-26-23-30-13-4-5-14-32(30)27-34/h1-28H. The number of hydrogen-bond donors (Lipinski definition) is 0. The largest absolute Gasteiger partial charge is 0.309 e. The molecule has 9 aromatic carbocycles. The van der Waals surface area contributed by atoms with Crippen LogP contribution in [0, 0.1) is 0 Å². The fourth-order valence-corrected chi connectivity index (χ4v) is 8.40. The lowest BCUT2D eigenvalue weighted by Gasteiger charge is -2.13. The molecule has 0 saturated heterocycles. The SMILES string of the molecule is c1ccc(-c2ccc(-n3c4ccccc4c4c5c6ccccc6c6cccc7c6c5c(cc43)n7-c3ccc4ccccc4c3)cc2)cc1. The van der Waals surface area contributed by atoms with Crippen molar-refractivity contribution in [1.82, 2.24) is 9.13 Å². The smallest absolute Gasteiger partial charge is 0.0568 e. The summed E-state index contributed by atoms with van der Waals surface area (Å²) in [6.45, 7) is 0. The first-order chi connectivity index (χ1) is 23.8. The molecule has 0 bridgehead atoms. The van der Waals surface area contributed by atoms with Crippen LogP contribution in [0.3, 0.4) is 0 Å². The fraction of sp³-hybridized carbons (Fsp3) is 0. The van der Waals surface area contributed by atoms with Gasteiger partial charge in [0.05, 0.1) is 22.1 Å². The molecule has 0 saturated carbocycles. The van der Waals surface area contributed by atoms with Crippen LogP contribution in [0.1, 0.15) is 0 Å². The van der Waals surface area contributed by atoms with Gasteiger partial charge in [-0.05, 0) is 80.5 Å². The Bertz CT molecular complexity index is 3030. The van der Waals surface area contributed by atoms with E-state index in [1.807, 2.05) is 0 Å². The topological polar surface area (TPSA) is 9.86 Å². The number of benzene rings is 9. The zero-order valence-corrected chi connectivity index (χ0v) is 26.1. The van der Waals surface area contributed by atoms with Gasteiger partial charge in [-0.15, -0.1) is 0 Å². The van der Waals surface area contributed by atoms with Crippen molar-refractivity contribution in [2.24, 2.45) is 0 Å². The summed E-state index contributed by atoms with van der Waals surface area (Å²) in [7, 11) is 0. The molecule has 0 amide bonds. The average molecular weight is 609 g/mol. The lowest BCUT2D eigenvalue weighted by atomic mass is 9.92. The highest BCUT2D eigenvalue weighted by atomic mass is 15.0. The lowest BCUT2D eigenvalue weighted by Crippen LogP contribution is -1.96. The summed E-state index contributed by atoms with van der Waals surface area (Å²) in [5.74, 6) is 0. The predicted octanol–water partition coefficient (Wildman–Crippen LogP) is 12.4. The van der Waals surface area contributed by atoms with Crippen LogP contribution in [0.5, 0.6) is 0 Å². The van der Waals surface area contributed by atoms with Crippen molar-refractivity contribution >= 4 is 75.9 Å². The third-order valence-electron chi connectivity index (χ3n) is 10.4. The van der Waals surface area contributed by atoms with Crippen LogP contribution in [0.4, 0.5) is 0 Å². The minimum atomic E-state index is 1.16. The van der Waals surface area contributed by atoms with Crippen LogP contribution in [-0.2, 0) is 0 Å². The molecule has 0 fully saturated rings. The van der Waals surface area contributed by atoms with Crippen LogP contribution in [0.15, 0.2) is 170 Å². The molecule has 0 N–H and O–H groups in total.